The summed E-state index contributed by atoms with van der Waals surface area (Å²) >= 11 is 0. The zero-order valence-corrected chi connectivity index (χ0v) is 17.7. The molecule has 5 nitrogen and oxygen atoms in total. The second-order valence-corrected chi connectivity index (χ2v) is 9.22. The van der Waals surface area contributed by atoms with Crippen molar-refractivity contribution in [1.82, 2.24) is 9.97 Å². The maximum Gasteiger partial charge on any atom is 0.228 e. The molecule has 0 aromatic carbocycles. The Hall–Kier alpha value is -2.53. The van der Waals surface area contributed by atoms with Gasteiger partial charge < -0.3 is 10.4 Å². The van der Waals surface area contributed by atoms with E-state index in [0.717, 1.165) is 60.6 Å². The first kappa shape index (κ1) is 19.4. The molecule has 156 valence electrons. The van der Waals surface area contributed by atoms with Gasteiger partial charge >= 0.3 is 0 Å². The quantitative estimate of drug-likeness (QED) is 0.746. The van der Waals surface area contributed by atoms with Gasteiger partial charge in [-0.2, -0.15) is 0 Å². The second kappa shape index (κ2) is 7.31. The van der Waals surface area contributed by atoms with Gasteiger partial charge in [0.15, 0.2) is 0 Å². The van der Waals surface area contributed by atoms with Gasteiger partial charge in [0.1, 0.15) is 5.82 Å². The number of hydrogen-bond donors (Lipinski definition) is 2. The number of allylic oxidation sites excluding steroid dienone is 3. The molecule has 0 saturated heterocycles. The highest BCUT2D eigenvalue weighted by Gasteiger charge is 2.56. The molecular formula is C25H29N3O2. The number of carbonyl (C=O) groups is 1. The molecule has 5 heteroatoms. The molecule has 2 aromatic heterocycles. The summed E-state index contributed by atoms with van der Waals surface area (Å²) in [5.74, 6) is 1.34. The normalized spacial score (nSPS) is 26.7. The minimum atomic E-state index is -0.271. The van der Waals surface area contributed by atoms with Crippen LogP contribution in [0.3, 0.4) is 0 Å². The molecule has 0 radical (unpaired) electrons. The van der Waals surface area contributed by atoms with Crippen LogP contribution in [-0.4, -0.2) is 27.1 Å². The Morgan fingerprint density at radius 2 is 2.03 bits per heavy atom. The number of hydrogen-bond acceptors (Lipinski definition) is 4. The zero-order valence-electron chi connectivity index (χ0n) is 17.7. The molecule has 2 heterocycles. The molecule has 3 unspecified atom stereocenters. The first-order valence-electron chi connectivity index (χ1n) is 11.2. The van der Waals surface area contributed by atoms with E-state index >= 15 is 0 Å². The zero-order chi connectivity index (χ0) is 20.9. The van der Waals surface area contributed by atoms with Crippen molar-refractivity contribution in [2.45, 2.75) is 58.5 Å². The summed E-state index contributed by atoms with van der Waals surface area (Å²) in [5.41, 5.74) is 3.22. The Balaban J connectivity index is 1.40. The van der Waals surface area contributed by atoms with Crippen molar-refractivity contribution in [3.63, 3.8) is 0 Å². The number of aliphatic hydroxyl groups is 1. The van der Waals surface area contributed by atoms with Crippen molar-refractivity contribution < 1.29 is 9.90 Å². The molecule has 0 aliphatic heterocycles. The largest absolute Gasteiger partial charge is 0.392 e. The van der Waals surface area contributed by atoms with E-state index in [9.17, 15) is 9.90 Å². The van der Waals surface area contributed by atoms with Crippen molar-refractivity contribution >= 4 is 28.1 Å². The van der Waals surface area contributed by atoms with Crippen LogP contribution in [0.2, 0.25) is 0 Å². The van der Waals surface area contributed by atoms with Crippen LogP contribution in [0.5, 0.6) is 0 Å². The standard InChI is InChI=1S/C25H29N3O2/c1-3-22(29)25-11-15(2)20(8-7-19(25)12-25)21-9-17-14-27-23(10-18(17)13-26-21)28-24(30)16-5-4-6-16/h8-11,13-14,16,19,22,29H,3-7,12H2,1-2H3,(H,27,28,30). The van der Waals surface area contributed by atoms with Gasteiger partial charge in [-0.05, 0) is 68.2 Å². The van der Waals surface area contributed by atoms with Gasteiger partial charge in [0.2, 0.25) is 5.91 Å². The van der Waals surface area contributed by atoms with E-state index in [1.54, 1.807) is 0 Å². The van der Waals surface area contributed by atoms with Crippen LogP contribution in [0, 0.1) is 17.3 Å². The van der Waals surface area contributed by atoms with Crippen molar-refractivity contribution in [2.24, 2.45) is 17.3 Å². The number of nitrogens with zero attached hydrogens (tertiary/aromatic N) is 2. The number of fused-ring (bicyclic) bond motifs is 2. The van der Waals surface area contributed by atoms with Gasteiger partial charge in [0.05, 0.1) is 11.8 Å². The smallest absolute Gasteiger partial charge is 0.228 e. The number of pyridine rings is 2. The lowest BCUT2D eigenvalue weighted by molar-refractivity contribution is -0.122. The lowest BCUT2D eigenvalue weighted by Gasteiger charge is -2.23. The predicted octanol–water partition coefficient (Wildman–Crippen LogP) is 4.88. The molecule has 2 aromatic rings. The molecule has 3 aliphatic carbocycles. The van der Waals surface area contributed by atoms with E-state index in [1.807, 2.05) is 18.5 Å². The van der Waals surface area contributed by atoms with Crippen molar-refractivity contribution in [3.05, 3.63) is 47.9 Å². The maximum atomic E-state index is 12.2. The Bertz CT molecular complexity index is 1070. The monoisotopic (exact) mass is 403 g/mol. The highest BCUT2D eigenvalue weighted by Crippen LogP contribution is 2.61. The predicted molar refractivity (Wildman–Crippen MR) is 119 cm³/mol. The summed E-state index contributed by atoms with van der Waals surface area (Å²) in [4.78, 5) is 21.4. The Labute approximate surface area is 177 Å². The highest BCUT2D eigenvalue weighted by atomic mass is 16.3. The fourth-order valence-corrected chi connectivity index (χ4v) is 5.09. The SMILES string of the molecule is CCC(O)C12C=C(C)C(c3cc4cnc(NC(=O)C5CCC5)cc4cn3)=CCC1C2. The summed E-state index contributed by atoms with van der Waals surface area (Å²) in [5, 5.41) is 15.5. The van der Waals surface area contributed by atoms with Gasteiger partial charge in [-0.15, -0.1) is 0 Å². The third-order valence-electron chi connectivity index (χ3n) is 7.33. The first-order chi connectivity index (χ1) is 14.5. The Kier molecular flexibility index (Phi) is 4.73. The lowest BCUT2D eigenvalue weighted by atomic mass is 9.85. The molecule has 1 amide bonds. The maximum absolute atomic E-state index is 12.2. The van der Waals surface area contributed by atoms with Crippen LogP contribution < -0.4 is 5.32 Å². The molecule has 3 atom stereocenters. The number of nitrogens with one attached hydrogen (secondary N) is 1. The Morgan fingerprint density at radius 1 is 1.27 bits per heavy atom. The minimum Gasteiger partial charge on any atom is -0.392 e. The van der Waals surface area contributed by atoms with Gasteiger partial charge in [-0.1, -0.05) is 25.5 Å². The third-order valence-corrected chi connectivity index (χ3v) is 7.33. The summed E-state index contributed by atoms with van der Waals surface area (Å²) in [7, 11) is 0. The minimum absolute atomic E-state index is 0.0525. The number of amides is 1. The lowest BCUT2D eigenvalue weighted by Crippen LogP contribution is -2.28. The summed E-state index contributed by atoms with van der Waals surface area (Å²) in [6.45, 7) is 4.18. The van der Waals surface area contributed by atoms with Crippen LogP contribution in [-0.2, 0) is 4.79 Å². The van der Waals surface area contributed by atoms with E-state index in [1.165, 1.54) is 5.57 Å². The van der Waals surface area contributed by atoms with Gasteiger partial charge in [-0.25, -0.2) is 4.98 Å². The first-order valence-corrected chi connectivity index (χ1v) is 11.2. The van der Waals surface area contributed by atoms with Crippen LogP contribution in [0.4, 0.5) is 5.82 Å². The van der Waals surface area contributed by atoms with Gasteiger partial charge in [0, 0.05) is 34.5 Å². The van der Waals surface area contributed by atoms with Crippen LogP contribution in [0.1, 0.15) is 58.1 Å². The molecule has 3 aliphatic rings. The molecule has 0 bridgehead atoms. The third kappa shape index (κ3) is 3.25. The van der Waals surface area contributed by atoms with E-state index < -0.39 is 0 Å². The molecule has 2 fully saturated rings. The number of aliphatic hydroxyl groups excluding tert-OH is 1. The fourth-order valence-electron chi connectivity index (χ4n) is 5.09. The topological polar surface area (TPSA) is 75.1 Å². The molecule has 2 saturated carbocycles. The van der Waals surface area contributed by atoms with Crippen LogP contribution >= 0.6 is 0 Å². The number of anilines is 1. The molecule has 0 spiro atoms. The van der Waals surface area contributed by atoms with Gasteiger partial charge in [0.25, 0.3) is 0 Å². The van der Waals surface area contributed by atoms with Gasteiger partial charge in [-0.3, -0.25) is 9.78 Å². The molecule has 5 rings (SSSR count). The fraction of sp³-hybridized carbons (Fsp3) is 0.480. The molecule has 30 heavy (non-hydrogen) atoms. The summed E-state index contributed by atoms with van der Waals surface area (Å²) in [6.07, 6.45) is 13.9. The van der Waals surface area contributed by atoms with E-state index in [4.69, 9.17) is 4.98 Å². The van der Waals surface area contributed by atoms with E-state index in [2.05, 4.69) is 42.4 Å². The summed E-state index contributed by atoms with van der Waals surface area (Å²) in [6, 6.07) is 3.97. The molecule has 2 N–H and O–H groups in total. The van der Waals surface area contributed by atoms with E-state index in [-0.39, 0.29) is 23.3 Å². The van der Waals surface area contributed by atoms with Crippen LogP contribution in [0.25, 0.3) is 16.3 Å². The Morgan fingerprint density at radius 3 is 2.77 bits per heavy atom. The van der Waals surface area contributed by atoms with Crippen LogP contribution in [0.15, 0.2) is 42.3 Å². The van der Waals surface area contributed by atoms with Crippen molar-refractivity contribution in [3.8, 4) is 0 Å². The van der Waals surface area contributed by atoms with Crippen molar-refractivity contribution in [2.75, 3.05) is 5.32 Å². The number of rotatable bonds is 5. The average molecular weight is 404 g/mol. The molecular weight excluding hydrogens is 374 g/mol. The second-order valence-electron chi connectivity index (χ2n) is 9.22. The van der Waals surface area contributed by atoms with Crippen molar-refractivity contribution in [1.29, 1.82) is 0 Å². The number of carbonyl (C=O) groups excluding carboxylic acids is 1. The highest BCUT2D eigenvalue weighted by molar-refractivity contribution is 5.95. The number of aromatic nitrogens is 2. The average Bonchev–Trinajstić information content (AvgIpc) is 3.40. The van der Waals surface area contributed by atoms with E-state index in [0.29, 0.717) is 11.7 Å². The summed E-state index contributed by atoms with van der Waals surface area (Å²) < 4.78 is 0.